The van der Waals surface area contributed by atoms with Crippen LogP contribution in [0.3, 0.4) is 0 Å². The van der Waals surface area contributed by atoms with Gasteiger partial charge >= 0.3 is 6.09 Å². The number of nitrogens with one attached hydrogen (secondary N) is 2. The SMILES string of the molecule is CCC(CNC(=O)Cc1ccc(NC(=O)OC(C)(C)C)cc1)N1CCc2ccccc2C1. The van der Waals surface area contributed by atoms with Crippen molar-refractivity contribution >= 4 is 17.7 Å². The average Bonchev–Trinajstić information content (AvgIpc) is 2.74. The van der Waals surface area contributed by atoms with E-state index in [1.54, 1.807) is 12.1 Å². The number of rotatable bonds is 7. The normalized spacial score (nSPS) is 14.9. The molecule has 2 N–H and O–H groups in total. The Kier molecular flexibility index (Phi) is 7.91. The molecular formula is C26H35N3O3. The Morgan fingerprint density at radius 1 is 1.06 bits per heavy atom. The number of carbonyl (C=O) groups excluding carboxylic acids is 2. The quantitative estimate of drug-likeness (QED) is 0.668. The minimum absolute atomic E-state index is 0.00807. The zero-order valence-corrected chi connectivity index (χ0v) is 19.6. The third kappa shape index (κ3) is 7.09. The molecule has 6 heteroatoms. The highest BCUT2D eigenvalue weighted by Gasteiger charge is 2.22. The Morgan fingerprint density at radius 3 is 2.41 bits per heavy atom. The Balaban J connectivity index is 1.46. The number of benzene rings is 2. The fourth-order valence-corrected chi connectivity index (χ4v) is 3.97. The molecule has 172 valence electrons. The molecule has 0 radical (unpaired) electrons. The van der Waals surface area contributed by atoms with Crippen molar-refractivity contribution in [2.45, 2.75) is 65.1 Å². The summed E-state index contributed by atoms with van der Waals surface area (Å²) in [5, 5.41) is 5.81. The second kappa shape index (κ2) is 10.6. The van der Waals surface area contributed by atoms with E-state index in [0.717, 1.165) is 31.5 Å². The molecule has 2 aromatic rings. The van der Waals surface area contributed by atoms with Crippen LogP contribution in [0.25, 0.3) is 0 Å². The molecule has 0 saturated carbocycles. The molecule has 6 nitrogen and oxygen atoms in total. The first-order chi connectivity index (χ1) is 15.2. The predicted octanol–water partition coefficient (Wildman–Crippen LogP) is 4.53. The molecule has 0 fully saturated rings. The first kappa shape index (κ1) is 23.8. The van der Waals surface area contributed by atoms with Crippen molar-refractivity contribution in [1.29, 1.82) is 0 Å². The van der Waals surface area contributed by atoms with Gasteiger partial charge in [-0.15, -0.1) is 0 Å². The molecular weight excluding hydrogens is 402 g/mol. The highest BCUT2D eigenvalue weighted by molar-refractivity contribution is 5.85. The van der Waals surface area contributed by atoms with Crippen LogP contribution in [0.4, 0.5) is 10.5 Å². The number of fused-ring (bicyclic) bond motifs is 1. The molecule has 3 rings (SSSR count). The van der Waals surface area contributed by atoms with Crippen LogP contribution >= 0.6 is 0 Å². The van der Waals surface area contributed by atoms with Gasteiger partial charge in [-0.3, -0.25) is 15.0 Å². The van der Waals surface area contributed by atoms with E-state index in [9.17, 15) is 9.59 Å². The van der Waals surface area contributed by atoms with Gasteiger partial charge in [-0.25, -0.2) is 4.79 Å². The molecule has 1 heterocycles. The minimum Gasteiger partial charge on any atom is -0.444 e. The molecule has 1 unspecified atom stereocenters. The van der Waals surface area contributed by atoms with Gasteiger partial charge in [0.2, 0.25) is 5.91 Å². The van der Waals surface area contributed by atoms with E-state index < -0.39 is 11.7 Å². The third-order valence-corrected chi connectivity index (χ3v) is 5.65. The number of hydrogen-bond donors (Lipinski definition) is 2. The van der Waals surface area contributed by atoms with Gasteiger partial charge in [0.05, 0.1) is 6.42 Å². The van der Waals surface area contributed by atoms with E-state index in [1.807, 2.05) is 32.9 Å². The van der Waals surface area contributed by atoms with Crippen LogP contribution in [-0.4, -0.2) is 41.6 Å². The lowest BCUT2D eigenvalue weighted by atomic mass is 9.98. The van der Waals surface area contributed by atoms with Gasteiger partial charge < -0.3 is 10.1 Å². The molecule has 2 amide bonds. The van der Waals surface area contributed by atoms with Gasteiger partial charge in [-0.1, -0.05) is 43.3 Å². The van der Waals surface area contributed by atoms with Crippen LogP contribution in [0.5, 0.6) is 0 Å². The number of ether oxygens (including phenoxy) is 1. The molecule has 0 saturated heterocycles. The maximum absolute atomic E-state index is 12.5. The maximum atomic E-state index is 12.5. The molecule has 1 aliphatic rings. The van der Waals surface area contributed by atoms with Gasteiger partial charge in [0.15, 0.2) is 0 Å². The van der Waals surface area contributed by atoms with E-state index >= 15 is 0 Å². The van der Waals surface area contributed by atoms with E-state index in [2.05, 4.69) is 46.7 Å². The Morgan fingerprint density at radius 2 is 1.75 bits per heavy atom. The molecule has 1 aliphatic heterocycles. The largest absolute Gasteiger partial charge is 0.444 e. The van der Waals surface area contributed by atoms with Crippen LogP contribution in [0, 0.1) is 0 Å². The van der Waals surface area contributed by atoms with E-state index in [-0.39, 0.29) is 5.91 Å². The third-order valence-electron chi connectivity index (χ3n) is 5.65. The summed E-state index contributed by atoms with van der Waals surface area (Å²) in [7, 11) is 0. The predicted molar refractivity (Wildman–Crippen MR) is 128 cm³/mol. The van der Waals surface area contributed by atoms with Crippen LogP contribution in [0.2, 0.25) is 0 Å². The first-order valence-corrected chi connectivity index (χ1v) is 11.4. The molecule has 32 heavy (non-hydrogen) atoms. The fraction of sp³-hybridized carbons (Fsp3) is 0.462. The van der Waals surface area contributed by atoms with E-state index in [4.69, 9.17) is 4.74 Å². The smallest absolute Gasteiger partial charge is 0.412 e. The Hall–Kier alpha value is -2.86. The summed E-state index contributed by atoms with van der Waals surface area (Å²) in [5.41, 5.74) is 3.82. The van der Waals surface area contributed by atoms with Gasteiger partial charge in [0.25, 0.3) is 0 Å². The zero-order valence-electron chi connectivity index (χ0n) is 19.6. The fourth-order valence-electron chi connectivity index (χ4n) is 3.97. The topological polar surface area (TPSA) is 70.7 Å². The van der Waals surface area contributed by atoms with Gasteiger partial charge in [0.1, 0.15) is 5.60 Å². The van der Waals surface area contributed by atoms with Gasteiger partial charge in [-0.2, -0.15) is 0 Å². The maximum Gasteiger partial charge on any atom is 0.412 e. The van der Waals surface area contributed by atoms with Crippen LogP contribution in [0.1, 0.15) is 50.8 Å². The van der Waals surface area contributed by atoms with Crippen molar-refractivity contribution in [1.82, 2.24) is 10.2 Å². The van der Waals surface area contributed by atoms with Crippen molar-refractivity contribution < 1.29 is 14.3 Å². The lowest BCUT2D eigenvalue weighted by Gasteiger charge is -2.35. The lowest BCUT2D eigenvalue weighted by molar-refractivity contribution is -0.120. The molecule has 1 atom stereocenters. The molecule has 0 aromatic heterocycles. The molecule has 2 aromatic carbocycles. The monoisotopic (exact) mass is 437 g/mol. The van der Waals surface area contributed by atoms with Crippen LogP contribution < -0.4 is 10.6 Å². The summed E-state index contributed by atoms with van der Waals surface area (Å²) in [5.74, 6) is 0.00807. The Labute approximate surface area is 191 Å². The molecule has 0 bridgehead atoms. The van der Waals surface area contributed by atoms with Crippen molar-refractivity contribution in [2.24, 2.45) is 0 Å². The summed E-state index contributed by atoms with van der Waals surface area (Å²) >= 11 is 0. The second-order valence-corrected chi connectivity index (χ2v) is 9.36. The first-order valence-electron chi connectivity index (χ1n) is 11.4. The summed E-state index contributed by atoms with van der Waals surface area (Å²) < 4.78 is 5.25. The lowest BCUT2D eigenvalue weighted by Crippen LogP contribution is -2.46. The number of carbonyl (C=O) groups is 2. The van der Waals surface area contributed by atoms with Crippen molar-refractivity contribution in [3.05, 3.63) is 65.2 Å². The highest BCUT2D eigenvalue weighted by atomic mass is 16.6. The molecule has 0 spiro atoms. The minimum atomic E-state index is -0.546. The van der Waals surface area contributed by atoms with E-state index in [1.165, 1.54) is 11.1 Å². The van der Waals surface area contributed by atoms with Crippen LogP contribution in [0.15, 0.2) is 48.5 Å². The average molecular weight is 438 g/mol. The second-order valence-electron chi connectivity index (χ2n) is 9.36. The van der Waals surface area contributed by atoms with Crippen molar-refractivity contribution in [3.63, 3.8) is 0 Å². The van der Waals surface area contributed by atoms with Crippen LogP contribution in [-0.2, 0) is 28.9 Å². The summed E-state index contributed by atoms with van der Waals surface area (Å²) in [6.45, 7) is 10.3. The summed E-state index contributed by atoms with van der Waals surface area (Å²) in [6, 6.07) is 16.2. The van der Waals surface area contributed by atoms with Crippen molar-refractivity contribution in [2.75, 3.05) is 18.4 Å². The summed E-state index contributed by atoms with van der Waals surface area (Å²) in [4.78, 5) is 26.9. The number of anilines is 1. The Bertz CT molecular complexity index is 919. The molecule has 0 aliphatic carbocycles. The van der Waals surface area contributed by atoms with Crippen molar-refractivity contribution in [3.8, 4) is 0 Å². The highest BCUT2D eigenvalue weighted by Crippen LogP contribution is 2.21. The number of hydrogen-bond acceptors (Lipinski definition) is 4. The zero-order chi connectivity index (χ0) is 23.1. The number of amides is 2. The standard InChI is InChI=1S/C26H35N3O3/c1-5-23(29-15-14-20-8-6-7-9-21(20)18-29)17-27-24(30)16-19-10-12-22(13-11-19)28-25(31)32-26(2,3)4/h6-13,23H,5,14-18H2,1-4H3,(H,27,30)(H,28,31). The van der Waals surface area contributed by atoms with Gasteiger partial charge in [-0.05, 0) is 62.4 Å². The summed E-state index contributed by atoms with van der Waals surface area (Å²) in [6.07, 6.45) is 1.87. The van der Waals surface area contributed by atoms with E-state index in [0.29, 0.717) is 24.7 Å². The van der Waals surface area contributed by atoms with Gasteiger partial charge in [0, 0.05) is 31.4 Å². The number of nitrogens with zero attached hydrogens (tertiary/aromatic N) is 1.